The van der Waals surface area contributed by atoms with E-state index in [9.17, 15) is 9.59 Å². The number of methoxy groups -OCH3 is 1. The van der Waals surface area contributed by atoms with Gasteiger partial charge >= 0.3 is 0 Å². The largest absolute Gasteiger partial charge is 0.383 e. The zero-order valence-corrected chi connectivity index (χ0v) is 21.1. The number of carbonyl (C=O) groups excluding carboxylic acids is 1. The lowest BCUT2D eigenvalue weighted by atomic mass is 10.1. The van der Waals surface area contributed by atoms with Crippen molar-refractivity contribution in [3.63, 3.8) is 0 Å². The average molecular weight is 508 g/mol. The summed E-state index contributed by atoms with van der Waals surface area (Å²) >= 11 is 1.48. The van der Waals surface area contributed by atoms with E-state index < -0.39 is 0 Å². The van der Waals surface area contributed by atoms with E-state index in [2.05, 4.69) is 9.80 Å². The first-order valence-electron chi connectivity index (χ1n) is 12.4. The summed E-state index contributed by atoms with van der Waals surface area (Å²) < 4.78 is 13.7. The van der Waals surface area contributed by atoms with Crippen LogP contribution in [-0.2, 0) is 9.47 Å². The molecule has 5 heterocycles. The fourth-order valence-electron chi connectivity index (χ4n) is 5.09. The van der Waals surface area contributed by atoms with Crippen molar-refractivity contribution in [2.45, 2.75) is 0 Å². The second-order valence-corrected chi connectivity index (χ2v) is 10.2. The third kappa shape index (κ3) is 4.03. The number of aromatic nitrogens is 2. The van der Waals surface area contributed by atoms with Gasteiger partial charge < -0.3 is 19.3 Å². The Morgan fingerprint density at radius 2 is 1.83 bits per heavy atom. The van der Waals surface area contributed by atoms with Gasteiger partial charge in [-0.25, -0.2) is 4.98 Å². The molecule has 2 aliphatic rings. The first-order valence-corrected chi connectivity index (χ1v) is 13.2. The molecule has 0 aliphatic carbocycles. The summed E-state index contributed by atoms with van der Waals surface area (Å²) in [5.41, 5.74) is 1.55. The topological polar surface area (TPSA) is 79.6 Å². The number of para-hydroxylation sites is 1. The number of ether oxygens (including phenoxy) is 2. The Hall–Kier alpha value is -3.05. The van der Waals surface area contributed by atoms with E-state index in [-0.39, 0.29) is 16.9 Å². The Labute approximate surface area is 212 Å². The molecule has 0 unspecified atom stereocenters. The van der Waals surface area contributed by atoms with Gasteiger partial charge in [-0.3, -0.25) is 18.9 Å². The second-order valence-electron chi connectivity index (χ2n) is 9.18. The van der Waals surface area contributed by atoms with Crippen molar-refractivity contribution in [3.8, 4) is 0 Å². The molecular weight excluding hydrogens is 478 g/mol. The number of piperazine rings is 1. The second kappa shape index (κ2) is 9.78. The molecule has 9 nitrogen and oxygen atoms in total. The maximum absolute atomic E-state index is 13.8. The molecular formula is C26H29N5O4S. The van der Waals surface area contributed by atoms with Gasteiger partial charge in [-0.05, 0) is 24.3 Å². The van der Waals surface area contributed by atoms with Crippen molar-refractivity contribution in [3.05, 3.63) is 52.2 Å². The summed E-state index contributed by atoms with van der Waals surface area (Å²) in [4.78, 5) is 39.6. The van der Waals surface area contributed by atoms with Gasteiger partial charge in [0.1, 0.15) is 16.2 Å². The molecule has 0 N–H and O–H groups in total. The van der Waals surface area contributed by atoms with E-state index in [1.807, 2.05) is 45.7 Å². The fraction of sp³-hybridized carbons (Fsp3) is 0.423. The Bertz CT molecular complexity index is 1480. The fourth-order valence-corrected chi connectivity index (χ4v) is 6.27. The van der Waals surface area contributed by atoms with Crippen molar-refractivity contribution in [2.75, 3.05) is 77.6 Å². The smallest absolute Gasteiger partial charge is 0.260 e. The third-order valence-corrected chi connectivity index (χ3v) is 8.24. The molecule has 4 aromatic rings. The van der Waals surface area contributed by atoms with Gasteiger partial charge in [0.25, 0.3) is 5.91 Å². The van der Waals surface area contributed by atoms with Crippen LogP contribution in [0.2, 0.25) is 0 Å². The minimum Gasteiger partial charge on any atom is -0.383 e. The highest BCUT2D eigenvalue weighted by Crippen LogP contribution is 2.32. The van der Waals surface area contributed by atoms with Crippen molar-refractivity contribution in [2.24, 2.45) is 0 Å². The maximum Gasteiger partial charge on any atom is 0.260 e. The molecule has 0 saturated carbocycles. The van der Waals surface area contributed by atoms with E-state index in [1.165, 1.54) is 11.3 Å². The van der Waals surface area contributed by atoms with E-state index in [1.54, 1.807) is 7.11 Å². The zero-order valence-electron chi connectivity index (χ0n) is 20.3. The van der Waals surface area contributed by atoms with E-state index in [4.69, 9.17) is 14.5 Å². The highest BCUT2D eigenvalue weighted by molar-refractivity contribution is 7.24. The van der Waals surface area contributed by atoms with Crippen LogP contribution in [0.5, 0.6) is 0 Å². The van der Waals surface area contributed by atoms with Crippen LogP contribution in [-0.4, -0.2) is 97.8 Å². The van der Waals surface area contributed by atoms with Crippen LogP contribution in [0.1, 0.15) is 10.4 Å². The summed E-state index contributed by atoms with van der Waals surface area (Å²) in [6, 6.07) is 11.7. The molecule has 36 heavy (non-hydrogen) atoms. The lowest BCUT2D eigenvalue weighted by Crippen LogP contribution is -2.50. The van der Waals surface area contributed by atoms with Crippen LogP contribution < -0.4 is 10.3 Å². The summed E-state index contributed by atoms with van der Waals surface area (Å²) in [5, 5.41) is 0.468. The highest BCUT2D eigenvalue weighted by atomic mass is 32.1. The molecule has 6 rings (SSSR count). The van der Waals surface area contributed by atoms with Gasteiger partial charge in [-0.15, -0.1) is 11.3 Å². The number of nitrogens with zero attached hydrogens (tertiary/aromatic N) is 5. The van der Waals surface area contributed by atoms with Gasteiger partial charge in [-0.1, -0.05) is 12.1 Å². The van der Waals surface area contributed by atoms with Crippen LogP contribution in [0.25, 0.3) is 26.1 Å². The van der Waals surface area contributed by atoms with Gasteiger partial charge in [0, 0.05) is 52.9 Å². The van der Waals surface area contributed by atoms with Crippen molar-refractivity contribution >= 4 is 49.1 Å². The monoisotopic (exact) mass is 507 g/mol. The van der Waals surface area contributed by atoms with Gasteiger partial charge in [-0.2, -0.15) is 0 Å². The standard InChI is InChI=1S/C26H29N5O4S/c1-34-15-12-28-8-10-30(11-9-28)25(33)22-23(32)18-6-7-21(29-13-16-35-17-14-29)27-24(18)31-19-4-2-3-5-20(19)36-26(22)31/h2-7H,8-17H2,1H3. The minimum atomic E-state index is -0.246. The SMILES string of the molecule is COCCN1CCN(C(=O)c2c(=O)c3ccc(N4CCOCC4)nc3n3c2sc2ccccc23)CC1. The van der Waals surface area contributed by atoms with E-state index in [0.717, 1.165) is 48.8 Å². The van der Waals surface area contributed by atoms with Crippen LogP contribution >= 0.6 is 11.3 Å². The molecule has 10 heteroatoms. The number of hydrogen-bond acceptors (Lipinski definition) is 8. The number of anilines is 1. The van der Waals surface area contributed by atoms with Crippen LogP contribution in [0.15, 0.2) is 41.2 Å². The number of benzene rings is 1. The summed E-state index contributed by atoms with van der Waals surface area (Å²) in [5.74, 6) is 0.621. The number of carbonyl (C=O) groups is 1. The third-order valence-electron chi connectivity index (χ3n) is 7.09. The quantitative estimate of drug-likeness (QED) is 0.410. The Morgan fingerprint density at radius 3 is 2.61 bits per heavy atom. The first-order chi connectivity index (χ1) is 17.7. The number of fused-ring (bicyclic) bond motifs is 5. The first kappa shape index (κ1) is 23.4. The van der Waals surface area contributed by atoms with Crippen LogP contribution in [0.3, 0.4) is 0 Å². The van der Waals surface area contributed by atoms with E-state index >= 15 is 0 Å². The number of amides is 1. The molecule has 1 amide bonds. The number of rotatable bonds is 5. The van der Waals surface area contributed by atoms with Crippen molar-refractivity contribution in [1.82, 2.24) is 19.2 Å². The van der Waals surface area contributed by atoms with Gasteiger partial charge in [0.15, 0.2) is 5.65 Å². The maximum atomic E-state index is 13.8. The number of pyridine rings is 2. The molecule has 0 radical (unpaired) electrons. The van der Waals surface area contributed by atoms with Gasteiger partial charge in [0.05, 0.1) is 35.4 Å². The van der Waals surface area contributed by atoms with Gasteiger partial charge in [0.2, 0.25) is 5.43 Å². The summed E-state index contributed by atoms with van der Waals surface area (Å²) in [7, 11) is 1.70. The van der Waals surface area contributed by atoms with Crippen LogP contribution in [0, 0.1) is 0 Å². The lowest BCUT2D eigenvalue weighted by molar-refractivity contribution is 0.0595. The van der Waals surface area contributed by atoms with Crippen LogP contribution in [0.4, 0.5) is 5.82 Å². The molecule has 188 valence electrons. The zero-order chi connectivity index (χ0) is 24.6. The molecule has 0 atom stereocenters. The molecule has 2 fully saturated rings. The Kier molecular flexibility index (Phi) is 6.34. The van der Waals surface area contributed by atoms with Crippen molar-refractivity contribution in [1.29, 1.82) is 0 Å². The normalized spacial score (nSPS) is 17.5. The molecule has 0 spiro atoms. The summed E-state index contributed by atoms with van der Waals surface area (Å²) in [6.07, 6.45) is 0. The predicted octanol–water partition coefficient (Wildman–Crippen LogP) is 2.30. The lowest BCUT2D eigenvalue weighted by Gasteiger charge is -2.34. The molecule has 3 aromatic heterocycles. The highest BCUT2D eigenvalue weighted by Gasteiger charge is 2.29. The Morgan fingerprint density at radius 1 is 1.06 bits per heavy atom. The minimum absolute atomic E-state index is 0.199. The van der Waals surface area contributed by atoms with Crippen molar-refractivity contribution < 1.29 is 14.3 Å². The number of hydrogen-bond donors (Lipinski definition) is 0. The molecule has 2 saturated heterocycles. The summed E-state index contributed by atoms with van der Waals surface area (Å²) in [6.45, 7) is 7.05. The predicted molar refractivity (Wildman–Crippen MR) is 142 cm³/mol. The molecule has 2 aliphatic heterocycles. The average Bonchev–Trinajstić information content (AvgIpc) is 3.31. The molecule has 0 bridgehead atoms. The molecule has 1 aromatic carbocycles. The van der Waals surface area contributed by atoms with E-state index in [0.29, 0.717) is 48.8 Å². The number of thiazole rings is 1. The number of morpholine rings is 1. The Balaban J connectivity index is 1.47.